The maximum Gasteiger partial charge on any atom is 0.328 e. The zero-order valence-electron chi connectivity index (χ0n) is 8.64. The van der Waals surface area contributed by atoms with Crippen molar-refractivity contribution in [1.82, 2.24) is 0 Å². The summed E-state index contributed by atoms with van der Waals surface area (Å²) in [5, 5.41) is 11.7. The van der Waals surface area contributed by atoms with E-state index in [0.717, 1.165) is 21.7 Å². The normalized spacial score (nSPS) is 11.1. The Bertz CT molecular complexity index is 554. The molecule has 0 fully saturated rings. The van der Waals surface area contributed by atoms with Crippen molar-refractivity contribution in [2.45, 2.75) is 0 Å². The molecule has 0 aliphatic heterocycles. The van der Waals surface area contributed by atoms with Gasteiger partial charge in [0.05, 0.1) is 7.11 Å². The molecule has 1 N–H and O–H groups in total. The van der Waals surface area contributed by atoms with Gasteiger partial charge in [-0.1, -0.05) is 0 Å². The predicted octanol–water partition coefficient (Wildman–Crippen LogP) is 3.01. The van der Waals surface area contributed by atoms with E-state index in [1.165, 1.54) is 6.08 Å². The summed E-state index contributed by atoms with van der Waals surface area (Å²) in [5.74, 6) is -0.278. The number of hydrogen-bond acceptors (Lipinski definition) is 3. The molecule has 0 saturated heterocycles. The second kappa shape index (κ2) is 4.37. The third-order valence-electron chi connectivity index (χ3n) is 2.21. The van der Waals surface area contributed by atoms with Gasteiger partial charge in [-0.15, -0.1) is 11.3 Å². The quantitative estimate of drug-likeness (QED) is 0.830. The summed E-state index contributed by atoms with van der Waals surface area (Å²) in [6, 6.07) is 5.84. The summed E-state index contributed by atoms with van der Waals surface area (Å²) in [6.45, 7) is 0. The first-order chi connectivity index (χ1) is 7.70. The fourth-order valence-corrected chi connectivity index (χ4v) is 2.28. The van der Waals surface area contributed by atoms with Crippen LogP contribution >= 0.6 is 11.3 Å². The van der Waals surface area contributed by atoms with Gasteiger partial charge in [-0.2, -0.15) is 0 Å². The SMILES string of the molecule is COc1cc2sccc2cc1/C=C/C(=O)O. The van der Waals surface area contributed by atoms with Crippen molar-refractivity contribution in [3.63, 3.8) is 0 Å². The summed E-state index contributed by atoms with van der Waals surface area (Å²) in [4.78, 5) is 10.5. The minimum atomic E-state index is -0.965. The van der Waals surface area contributed by atoms with Crippen molar-refractivity contribution in [3.05, 3.63) is 35.2 Å². The lowest BCUT2D eigenvalue weighted by atomic mass is 10.1. The first-order valence-corrected chi connectivity index (χ1v) is 5.55. The van der Waals surface area contributed by atoms with Gasteiger partial charge in [0.25, 0.3) is 0 Å². The average molecular weight is 234 g/mol. The van der Waals surface area contributed by atoms with E-state index in [2.05, 4.69) is 0 Å². The molecule has 2 aromatic rings. The van der Waals surface area contributed by atoms with Crippen molar-refractivity contribution in [2.24, 2.45) is 0 Å². The van der Waals surface area contributed by atoms with E-state index >= 15 is 0 Å². The number of fused-ring (bicyclic) bond motifs is 1. The Hall–Kier alpha value is -1.81. The Morgan fingerprint density at radius 3 is 3.00 bits per heavy atom. The van der Waals surface area contributed by atoms with Gasteiger partial charge in [0, 0.05) is 16.3 Å². The predicted molar refractivity (Wildman–Crippen MR) is 65.0 cm³/mol. The van der Waals surface area contributed by atoms with Crippen LogP contribution in [0.15, 0.2) is 29.7 Å². The van der Waals surface area contributed by atoms with Crippen LogP contribution in [0.2, 0.25) is 0 Å². The second-order valence-corrected chi connectivity index (χ2v) is 4.17. The minimum Gasteiger partial charge on any atom is -0.496 e. The molecule has 0 amide bonds. The molecule has 0 spiro atoms. The second-order valence-electron chi connectivity index (χ2n) is 3.22. The van der Waals surface area contributed by atoms with E-state index in [4.69, 9.17) is 9.84 Å². The number of carboxylic acids is 1. The molecule has 16 heavy (non-hydrogen) atoms. The molecular formula is C12H10O3S. The van der Waals surface area contributed by atoms with Gasteiger partial charge in [0.15, 0.2) is 0 Å². The standard InChI is InChI=1S/C12H10O3S/c1-15-10-7-11-9(4-5-16-11)6-8(10)2-3-12(13)14/h2-7H,1H3,(H,13,14)/b3-2+. The number of carbonyl (C=O) groups is 1. The Morgan fingerprint density at radius 1 is 1.50 bits per heavy atom. The number of benzene rings is 1. The number of methoxy groups -OCH3 is 1. The van der Waals surface area contributed by atoms with E-state index in [1.807, 2.05) is 23.6 Å². The molecule has 1 aromatic heterocycles. The van der Waals surface area contributed by atoms with E-state index in [0.29, 0.717) is 5.75 Å². The number of rotatable bonds is 3. The molecule has 1 aromatic carbocycles. The highest BCUT2D eigenvalue weighted by atomic mass is 32.1. The number of carboxylic acid groups (broad SMARTS) is 1. The lowest BCUT2D eigenvalue weighted by Gasteiger charge is -2.04. The fourth-order valence-electron chi connectivity index (χ4n) is 1.48. The minimum absolute atomic E-state index is 0.687. The van der Waals surface area contributed by atoms with Gasteiger partial charge in [-0.25, -0.2) is 4.79 Å². The molecular weight excluding hydrogens is 224 g/mol. The zero-order valence-corrected chi connectivity index (χ0v) is 9.45. The van der Waals surface area contributed by atoms with Crippen LogP contribution in [0.3, 0.4) is 0 Å². The van der Waals surface area contributed by atoms with Crippen molar-refractivity contribution in [1.29, 1.82) is 0 Å². The monoisotopic (exact) mass is 234 g/mol. The van der Waals surface area contributed by atoms with Crippen molar-refractivity contribution >= 4 is 33.5 Å². The number of aliphatic carboxylic acids is 1. The van der Waals surface area contributed by atoms with Gasteiger partial charge < -0.3 is 9.84 Å². The smallest absolute Gasteiger partial charge is 0.328 e. The van der Waals surface area contributed by atoms with Gasteiger partial charge in [0.1, 0.15) is 5.75 Å². The highest BCUT2D eigenvalue weighted by Gasteiger charge is 2.04. The topological polar surface area (TPSA) is 46.5 Å². The van der Waals surface area contributed by atoms with E-state index in [9.17, 15) is 4.79 Å². The number of thiophene rings is 1. The average Bonchev–Trinajstić information content (AvgIpc) is 2.71. The van der Waals surface area contributed by atoms with Crippen LogP contribution in [0.25, 0.3) is 16.2 Å². The van der Waals surface area contributed by atoms with Crippen LogP contribution in [0, 0.1) is 0 Å². The molecule has 0 saturated carbocycles. The molecule has 1 heterocycles. The molecule has 0 radical (unpaired) electrons. The lowest BCUT2D eigenvalue weighted by Crippen LogP contribution is -1.89. The summed E-state index contributed by atoms with van der Waals surface area (Å²) in [7, 11) is 1.58. The Labute approximate surface area is 96.6 Å². The van der Waals surface area contributed by atoms with Crippen LogP contribution in [0.4, 0.5) is 0 Å². The van der Waals surface area contributed by atoms with Crippen LogP contribution in [-0.2, 0) is 4.79 Å². The number of ether oxygens (including phenoxy) is 1. The van der Waals surface area contributed by atoms with Crippen molar-refractivity contribution in [2.75, 3.05) is 7.11 Å². The summed E-state index contributed by atoms with van der Waals surface area (Å²) >= 11 is 1.63. The lowest BCUT2D eigenvalue weighted by molar-refractivity contribution is -0.131. The molecule has 0 aliphatic rings. The summed E-state index contributed by atoms with van der Waals surface area (Å²) < 4.78 is 6.35. The van der Waals surface area contributed by atoms with Crippen LogP contribution in [-0.4, -0.2) is 18.2 Å². The molecule has 4 heteroatoms. The van der Waals surface area contributed by atoms with Gasteiger partial charge in [-0.3, -0.25) is 0 Å². The maximum atomic E-state index is 10.5. The third-order valence-corrected chi connectivity index (χ3v) is 3.09. The van der Waals surface area contributed by atoms with Crippen LogP contribution < -0.4 is 4.74 Å². The first-order valence-electron chi connectivity index (χ1n) is 4.67. The van der Waals surface area contributed by atoms with Crippen molar-refractivity contribution in [3.8, 4) is 5.75 Å². The molecule has 3 nitrogen and oxygen atoms in total. The zero-order chi connectivity index (χ0) is 11.5. The molecule has 2 rings (SSSR count). The Balaban J connectivity index is 2.52. The third kappa shape index (κ3) is 2.06. The van der Waals surface area contributed by atoms with Gasteiger partial charge in [0.2, 0.25) is 0 Å². The maximum absolute atomic E-state index is 10.5. The first kappa shape index (κ1) is 10.7. The summed E-state index contributed by atoms with van der Waals surface area (Å²) in [5.41, 5.74) is 0.774. The Morgan fingerprint density at radius 2 is 2.31 bits per heavy atom. The van der Waals surface area contributed by atoms with E-state index < -0.39 is 5.97 Å². The Kier molecular flexibility index (Phi) is 2.92. The van der Waals surface area contributed by atoms with Crippen LogP contribution in [0.1, 0.15) is 5.56 Å². The van der Waals surface area contributed by atoms with Crippen molar-refractivity contribution < 1.29 is 14.6 Å². The largest absolute Gasteiger partial charge is 0.496 e. The highest BCUT2D eigenvalue weighted by molar-refractivity contribution is 7.17. The molecule has 0 bridgehead atoms. The van der Waals surface area contributed by atoms with E-state index in [-0.39, 0.29) is 0 Å². The highest BCUT2D eigenvalue weighted by Crippen LogP contribution is 2.30. The molecule has 0 unspecified atom stereocenters. The summed E-state index contributed by atoms with van der Waals surface area (Å²) in [6.07, 6.45) is 2.65. The number of hydrogen-bond donors (Lipinski definition) is 1. The van der Waals surface area contributed by atoms with E-state index in [1.54, 1.807) is 18.4 Å². The molecule has 82 valence electrons. The van der Waals surface area contributed by atoms with Gasteiger partial charge >= 0.3 is 5.97 Å². The van der Waals surface area contributed by atoms with Gasteiger partial charge in [-0.05, 0) is 35.0 Å². The molecule has 0 aliphatic carbocycles. The van der Waals surface area contributed by atoms with Crippen LogP contribution in [0.5, 0.6) is 5.75 Å². The fraction of sp³-hybridized carbons (Fsp3) is 0.0833. The molecule has 0 atom stereocenters.